The molecule has 0 aromatic heterocycles. The lowest BCUT2D eigenvalue weighted by atomic mass is 10.1. The lowest BCUT2D eigenvalue weighted by molar-refractivity contribution is -0.134. The van der Waals surface area contributed by atoms with Gasteiger partial charge >= 0.3 is 5.97 Å². The molecule has 2 nitrogen and oxygen atoms in total. The summed E-state index contributed by atoms with van der Waals surface area (Å²) in [6.45, 7) is 2.24. The fraction of sp³-hybridized carbons (Fsp3) is 0.611. The predicted octanol–water partition coefficient (Wildman–Crippen LogP) is 5.80. The van der Waals surface area contributed by atoms with Crippen molar-refractivity contribution in [2.75, 3.05) is 0 Å². The van der Waals surface area contributed by atoms with E-state index in [-0.39, 0.29) is 5.97 Å². The van der Waals surface area contributed by atoms with Crippen LogP contribution in [0.4, 0.5) is 0 Å². The molecule has 3 heteroatoms. The molecule has 0 radical (unpaired) electrons. The van der Waals surface area contributed by atoms with E-state index in [1.54, 1.807) is 12.1 Å². The molecule has 0 aliphatic rings. The van der Waals surface area contributed by atoms with Crippen molar-refractivity contribution in [1.82, 2.24) is 0 Å². The van der Waals surface area contributed by atoms with E-state index in [1.807, 2.05) is 12.1 Å². The SMILES string of the molecule is CCCCCCCCCCCC(=O)Oc1ccc(S)cc1. The van der Waals surface area contributed by atoms with Crippen molar-refractivity contribution in [3.8, 4) is 5.75 Å². The predicted molar refractivity (Wildman–Crippen MR) is 91.2 cm³/mol. The smallest absolute Gasteiger partial charge is 0.311 e. The molecule has 1 aromatic carbocycles. The summed E-state index contributed by atoms with van der Waals surface area (Å²) in [6, 6.07) is 7.20. The summed E-state index contributed by atoms with van der Waals surface area (Å²) in [6.07, 6.45) is 11.8. The fourth-order valence-electron chi connectivity index (χ4n) is 2.28. The van der Waals surface area contributed by atoms with E-state index in [0.29, 0.717) is 12.2 Å². The van der Waals surface area contributed by atoms with Gasteiger partial charge in [-0.25, -0.2) is 0 Å². The highest BCUT2D eigenvalue weighted by Gasteiger charge is 2.04. The number of unbranched alkanes of at least 4 members (excludes halogenated alkanes) is 8. The van der Waals surface area contributed by atoms with Gasteiger partial charge in [0.2, 0.25) is 0 Å². The average Bonchev–Trinajstić information content (AvgIpc) is 2.48. The number of benzene rings is 1. The van der Waals surface area contributed by atoms with Crippen LogP contribution in [0.5, 0.6) is 5.75 Å². The van der Waals surface area contributed by atoms with Gasteiger partial charge in [-0.1, -0.05) is 58.3 Å². The van der Waals surface area contributed by atoms with E-state index >= 15 is 0 Å². The number of rotatable bonds is 11. The first-order valence-electron chi connectivity index (χ1n) is 8.22. The Balaban J connectivity index is 1.97. The minimum Gasteiger partial charge on any atom is -0.427 e. The van der Waals surface area contributed by atoms with Crippen molar-refractivity contribution in [3.05, 3.63) is 24.3 Å². The van der Waals surface area contributed by atoms with Crippen molar-refractivity contribution in [2.45, 2.75) is 76.0 Å². The maximum absolute atomic E-state index is 11.7. The summed E-state index contributed by atoms with van der Waals surface area (Å²) in [4.78, 5) is 12.5. The summed E-state index contributed by atoms with van der Waals surface area (Å²) >= 11 is 4.20. The number of thiol groups is 1. The Bertz CT molecular complexity index is 387. The van der Waals surface area contributed by atoms with Gasteiger partial charge in [-0.15, -0.1) is 12.6 Å². The highest BCUT2D eigenvalue weighted by Crippen LogP contribution is 2.16. The largest absolute Gasteiger partial charge is 0.427 e. The van der Waals surface area contributed by atoms with Crippen LogP contribution in [0, 0.1) is 0 Å². The number of esters is 1. The Kier molecular flexibility index (Phi) is 10.1. The van der Waals surface area contributed by atoms with E-state index < -0.39 is 0 Å². The van der Waals surface area contributed by atoms with Crippen molar-refractivity contribution in [1.29, 1.82) is 0 Å². The molecule has 0 atom stereocenters. The van der Waals surface area contributed by atoms with E-state index in [4.69, 9.17) is 4.74 Å². The Labute approximate surface area is 134 Å². The van der Waals surface area contributed by atoms with Crippen LogP contribution in [0.25, 0.3) is 0 Å². The molecule has 0 N–H and O–H groups in total. The van der Waals surface area contributed by atoms with Crippen LogP contribution in [-0.2, 0) is 4.79 Å². The molecule has 1 rings (SSSR count). The van der Waals surface area contributed by atoms with Crippen LogP contribution >= 0.6 is 12.6 Å². The average molecular weight is 308 g/mol. The van der Waals surface area contributed by atoms with Gasteiger partial charge in [0.05, 0.1) is 0 Å². The van der Waals surface area contributed by atoms with Crippen molar-refractivity contribution in [2.24, 2.45) is 0 Å². The Morgan fingerprint density at radius 1 is 0.905 bits per heavy atom. The second-order valence-corrected chi connectivity index (χ2v) is 6.06. The summed E-state index contributed by atoms with van der Waals surface area (Å²) in [7, 11) is 0. The molecule has 1 aromatic rings. The Hall–Kier alpha value is -0.960. The molecule has 21 heavy (non-hydrogen) atoms. The van der Waals surface area contributed by atoms with Crippen LogP contribution in [0.15, 0.2) is 29.2 Å². The number of carbonyl (C=O) groups is 1. The normalized spacial score (nSPS) is 10.6. The summed E-state index contributed by atoms with van der Waals surface area (Å²) in [5.41, 5.74) is 0. The molecule has 0 saturated carbocycles. The van der Waals surface area contributed by atoms with Gasteiger partial charge in [0.15, 0.2) is 0 Å². The fourth-order valence-corrected chi connectivity index (χ4v) is 2.43. The van der Waals surface area contributed by atoms with Gasteiger partial charge in [-0.2, -0.15) is 0 Å². The highest BCUT2D eigenvalue weighted by atomic mass is 32.1. The summed E-state index contributed by atoms with van der Waals surface area (Å²) in [5.74, 6) is 0.471. The van der Waals surface area contributed by atoms with Gasteiger partial charge in [-0.3, -0.25) is 4.79 Å². The number of hydrogen-bond donors (Lipinski definition) is 1. The monoisotopic (exact) mass is 308 g/mol. The third kappa shape index (κ3) is 9.57. The molecule has 0 amide bonds. The first kappa shape index (κ1) is 18.1. The van der Waals surface area contributed by atoms with E-state index in [2.05, 4.69) is 19.6 Å². The number of ether oxygens (including phenoxy) is 1. The van der Waals surface area contributed by atoms with Crippen molar-refractivity contribution < 1.29 is 9.53 Å². The zero-order valence-electron chi connectivity index (χ0n) is 13.1. The summed E-state index contributed by atoms with van der Waals surface area (Å²) < 4.78 is 5.27. The molecule has 0 fully saturated rings. The molecule has 118 valence electrons. The van der Waals surface area contributed by atoms with Gasteiger partial charge in [-0.05, 0) is 30.7 Å². The van der Waals surface area contributed by atoms with Crippen LogP contribution < -0.4 is 4.74 Å². The van der Waals surface area contributed by atoms with Crippen LogP contribution in [-0.4, -0.2) is 5.97 Å². The molecule has 0 unspecified atom stereocenters. The number of carbonyl (C=O) groups excluding carboxylic acids is 1. The third-order valence-electron chi connectivity index (χ3n) is 3.55. The molecule has 0 aliphatic heterocycles. The standard InChI is InChI=1S/C18H28O2S/c1-2-3-4-5-6-7-8-9-10-11-18(19)20-16-12-14-17(21)15-13-16/h12-15,21H,2-11H2,1H3. The number of hydrogen-bond acceptors (Lipinski definition) is 3. The maximum atomic E-state index is 11.7. The molecular formula is C18H28O2S. The Morgan fingerprint density at radius 2 is 1.43 bits per heavy atom. The molecular weight excluding hydrogens is 280 g/mol. The third-order valence-corrected chi connectivity index (χ3v) is 3.85. The first-order valence-corrected chi connectivity index (χ1v) is 8.67. The molecule has 0 saturated heterocycles. The quantitative estimate of drug-likeness (QED) is 0.242. The molecule has 0 spiro atoms. The molecule has 0 aliphatic carbocycles. The minimum absolute atomic E-state index is 0.134. The topological polar surface area (TPSA) is 26.3 Å². The second-order valence-electron chi connectivity index (χ2n) is 5.55. The zero-order valence-corrected chi connectivity index (χ0v) is 14.0. The van der Waals surface area contributed by atoms with E-state index in [0.717, 1.165) is 17.7 Å². The van der Waals surface area contributed by atoms with Gasteiger partial charge in [0.25, 0.3) is 0 Å². The second kappa shape index (κ2) is 11.7. The van der Waals surface area contributed by atoms with Crippen molar-refractivity contribution >= 4 is 18.6 Å². The zero-order chi connectivity index (χ0) is 15.3. The van der Waals surface area contributed by atoms with Gasteiger partial charge in [0, 0.05) is 11.3 Å². The van der Waals surface area contributed by atoms with Gasteiger partial charge in [0.1, 0.15) is 5.75 Å². The minimum atomic E-state index is -0.134. The maximum Gasteiger partial charge on any atom is 0.311 e. The molecule has 0 bridgehead atoms. The molecule has 0 heterocycles. The summed E-state index contributed by atoms with van der Waals surface area (Å²) in [5, 5.41) is 0. The van der Waals surface area contributed by atoms with Crippen molar-refractivity contribution in [3.63, 3.8) is 0 Å². The van der Waals surface area contributed by atoms with Crippen LogP contribution in [0.2, 0.25) is 0 Å². The van der Waals surface area contributed by atoms with E-state index in [9.17, 15) is 4.79 Å². The first-order chi connectivity index (χ1) is 10.2. The Morgan fingerprint density at radius 3 is 2.00 bits per heavy atom. The lowest BCUT2D eigenvalue weighted by Gasteiger charge is -2.04. The van der Waals surface area contributed by atoms with Crippen LogP contribution in [0.1, 0.15) is 71.1 Å². The van der Waals surface area contributed by atoms with Gasteiger partial charge < -0.3 is 4.74 Å². The van der Waals surface area contributed by atoms with E-state index in [1.165, 1.54) is 44.9 Å². The van der Waals surface area contributed by atoms with Crippen LogP contribution in [0.3, 0.4) is 0 Å². The highest BCUT2D eigenvalue weighted by molar-refractivity contribution is 7.80. The lowest BCUT2D eigenvalue weighted by Crippen LogP contribution is -2.07.